The molecule has 0 bridgehead atoms. The molecular weight excluding hydrogens is 352 g/mol. The second-order valence-electron chi connectivity index (χ2n) is 6.32. The molecule has 0 aliphatic heterocycles. The molecule has 1 atom stereocenters. The van der Waals surface area contributed by atoms with E-state index in [0.29, 0.717) is 32.5 Å². The standard InChI is InChI=1S/C18H36N2O5Si/c1-4-11-23-26(24-12-5-2,25-13-6-3)16-18(21)15-22-14-7-9-20-10-8-19-17-20/h8,10,17-18,21H,4-7,9,11-16H2,1-3H3. The predicted octanol–water partition coefficient (Wildman–Crippen LogP) is 2.87. The first-order valence-corrected chi connectivity index (χ1v) is 11.7. The molecule has 1 N–H and O–H groups in total. The van der Waals surface area contributed by atoms with Crippen LogP contribution in [0, 0.1) is 0 Å². The number of ether oxygens (including phenoxy) is 1. The van der Waals surface area contributed by atoms with Gasteiger partial charge in [-0.2, -0.15) is 0 Å². The Hall–Kier alpha value is -0.773. The van der Waals surface area contributed by atoms with Crippen molar-refractivity contribution in [2.24, 2.45) is 0 Å². The lowest BCUT2D eigenvalue weighted by molar-refractivity contribution is 0.0143. The molecule has 0 aliphatic rings. The number of aliphatic hydroxyl groups is 1. The summed E-state index contributed by atoms with van der Waals surface area (Å²) in [4.78, 5) is 4.01. The lowest BCUT2D eigenvalue weighted by atomic mass is 10.4. The molecular formula is C18H36N2O5Si. The number of aliphatic hydroxyl groups excluding tert-OH is 1. The van der Waals surface area contributed by atoms with Gasteiger partial charge in [-0.1, -0.05) is 20.8 Å². The zero-order valence-electron chi connectivity index (χ0n) is 16.6. The molecule has 0 amide bonds. The Bertz CT molecular complexity index is 411. The minimum Gasteiger partial charge on any atom is -0.391 e. The highest BCUT2D eigenvalue weighted by Gasteiger charge is 2.43. The highest BCUT2D eigenvalue weighted by atomic mass is 28.4. The maximum atomic E-state index is 10.4. The third kappa shape index (κ3) is 9.80. The van der Waals surface area contributed by atoms with Crippen LogP contribution in [0.25, 0.3) is 0 Å². The van der Waals surface area contributed by atoms with Gasteiger partial charge in [0.2, 0.25) is 0 Å². The number of hydrogen-bond donors (Lipinski definition) is 1. The molecule has 1 heterocycles. The Morgan fingerprint density at radius 3 is 2.12 bits per heavy atom. The lowest BCUT2D eigenvalue weighted by Crippen LogP contribution is -2.49. The molecule has 26 heavy (non-hydrogen) atoms. The fraction of sp³-hybridized carbons (Fsp3) is 0.833. The summed E-state index contributed by atoms with van der Waals surface area (Å²) >= 11 is 0. The van der Waals surface area contributed by atoms with Crippen molar-refractivity contribution in [1.29, 1.82) is 0 Å². The van der Waals surface area contributed by atoms with Gasteiger partial charge in [0.15, 0.2) is 0 Å². The van der Waals surface area contributed by atoms with Crippen LogP contribution in [0.5, 0.6) is 0 Å². The van der Waals surface area contributed by atoms with Crippen LogP contribution >= 0.6 is 0 Å². The van der Waals surface area contributed by atoms with E-state index < -0.39 is 14.9 Å². The molecule has 8 heteroatoms. The van der Waals surface area contributed by atoms with Gasteiger partial charge in [0.25, 0.3) is 0 Å². The van der Waals surface area contributed by atoms with Gasteiger partial charge >= 0.3 is 8.80 Å². The molecule has 0 saturated carbocycles. The number of aromatic nitrogens is 2. The molecule has 0 saturated heterocycles. The van der Waals surface area contributed by atoms with E-state index >= 15 is 0 Å². The quantitative estimate of drug-likeness (QED) is 0.327. The van der Waals surface area contributed by atoms with E-state index in [1.807, 2.05) is 10.8 Å². The van der Waals surface area contributed by atoms with Crippen LogP contribution in [-0.4, -0.2) is 62.6 Å². The summed E-state index contributed by atoms with van der Waals surface area (Å²) in [5, 5.41) is 10.4. The lowest BCUT2D eigenvalue weighted by Gasteiger charge is -2.31. The average molecular weight is 389 g/mol. The van der Waals surface area contributed by atoms with Crippen LogP contribution in [0.1, 0.15) is 46.5 Å². The summed E-state index contributed by atoms with van der Waals surface area (Å²) in [7, 11) is -2.88. The van der Waals surface area contributed by atoms with E-state index in [4.69, 9.17) is 18.0 Å². The number of aryl methyl sites for hydroxylation is 1. The summed E-state index contributed by atoms with van der Waals surface area (Å²) in [6.45, 7) is 9.61. The monoisotopic (exact) mass is 388 g/mol. The number of rotatable bonds is 17. The van der Waals surface area contributed by atoms with Gasteiger partial charge in [0.1, 0.15) is 0 Å². The Morgan fingerprint density at radius 1 is 1.00 bits per heavy atom. The van der Waals surface area contributed by atoms with Crippen molar-refractivity contribution in [2.75, 3.05) is 33.0 Å². The molecule has 1 aromatic heterocycles. The molecule has 1 unspecified atom stereocenters. The maximum Gasteiger partial charge on any atom is 0.503 e. The molecule has 0 spiro atoms. The van der Waals surface area contributed by atoms with Crippen molar-refractivity contribution >= 4 is 8.80 Å². The molecule has 0 fully saturated rings. The fourth-order valence-electron chi connectivity index (χ4n) is 2.41. The zero-order valence-corrected chi connectivity index (χ0v) is 17.6. The van der Waals surface area contributed by atoms with Crippen molar-refractivity contribution in [2.45, 2.75) is 65.1 Å². The maximum absolute atomic E-state index is 10.4. The van der Waals surface area contributed by atoms with Crippen LogP contribution in [0.15, 0.2) is 18.7 Å². The zero-order chi connectivity index (χ0) is 19.1. The highest BCUT2D eigenvalue weighted by molar-refractivity contribution is 6.60. The second kappa shape index (κ2) is 14.3. The van der Waals surface area contributed by atoms with E-state index in [2.05, 4.69) is 25.8 Å². The van der Waals surface area contributed by atoms with Gasteiger partial charge in [-0.05, 0) is 25.7 Å². The largest absolute Gasteiger partial charge is 0.503 e. The number of nitrogens with zero attached hydrogens (tertiary/aromatic N) is 2. The first-order valence-electron chi connectivity index (χ1n) is 9.79. The third-order valence-corrected chi connectivity index (χ3v) is 6.54. The summed E-state index contributed by atoms with van der Waals surface area (Å²) in [5.41, 5.74) is 0. The Labute approximate surface area is 159 Å². The summed E-state index contributed by atoms with van der Waals surface area (Å²) in [5.74, 6) is 0. The van der Waals surface area contributed by atoms with Crippen LogP contribution < -0.4 is 0 Å². The predicted molar refractivity (Wildman–Crippen MR) is 103 cm³/mol. The van der Waals surface area contributed by atoms with Crippen molar-refractivity contribution in [3.05, 3.63) is 18.7 Å². The summed E-state index contributed by atoms with van der Waals surface area (Å²) in [6.07, 6.45) is 8.36. The number of hydrogen-bond acceptors (Lipinski definition) is 6. The highest BCUT2D eigenvalue weighted by Crippen LogP contribution is 2.20. The SMILES string of the molecule is CCCO[Si](CC(O)COCCCn1ccnc1)(OCCC)OCCC. The van der Waals surface area contributed by atoms with Crippen molar-refractivity contribution < 1.29 is 23.1 Å². The summed E-state index contributed by atoms with van der Waals surface area (Å²) < 4.78 is 25.6. The van der Waals surface area contributed by atoms with E-state index in [-0.39, 0.29) is 6.61 Å². The molecule has 1 aromatic rings. The van der Waals surface area contributed by atoms with Crippen molar-refractivity contribution in [3.8, 4) is 0 Å². The van der Waals surface area contributed by atoms with Crippen LogP contribution in [0.2, 0.25) is 6.04 Å². The van der Waals surface area contributed by atoms with E-state index in [0.717, 1.165) is 32.2 Å². The first-order chi connectivity index (χ1) is 12.7. The molecule has 152 valence electrons. The van der Waals surface area contributed by atoms with Gasteiger partial charge in [-0.15, -0.1) is 0 Å². The van der Waals surface area contributed by atoms with E-state index in [9.17, 15) is 5.11 Å². The van der Waals surface area contributed by atoms with Gasteiger partial charge in [0.05, 0.1) is 19.0 Å². The Morgan fingerprint density at radius 2 is 1.62 bits per heavy atom. The van der Waals surface area contributed by atoms with Gasteiger partial charge in [-0.3, -0.25) is 0 Å². The number of imidazole rings is 1. The third-order valence-electron chi connectivity index (χ3n) is 3.64. The normalized spacial score (nSPS) is 13.2. The molecule has 0 aliphatic carbocycles. The smallest absolute Gasteiger partial charge is 0.391 e. The molecule has 7 nitrogen and oxygen atoms in total. The van der Waals surface area contributed by atoms with Crippen molar-refractivity contribution in [1.82, 2.24) is 9.55 Å². The van der Waals surface area contributed by atoms with Crippen LogP contribution in [0.4, 0.5) is 0 Å². The van der Waals surface area contributed by atoms with E-state index in [1.54, 1.807) is 12.5 Å². The van der Waals surface area contributed by atoms with Crippen LogP contribution in [0.3, 0.4) is 0 Å². The van der Waals surface area contributed by atoms with Gasteiger partial charge in [-0.25, -0.2) is 4.98 Å². The Balaban J connectivity index is 2.40. The molecule has 1 rings (SSSR count). The van der Waals surface area contributed by atoms with Gasteiger partial charge < -0.3 is 27.7 Å². The minimum absolute atomic E-state index is 0.263. The second-order valence-corrected chi connectivity index (χ2v) is 8.96. The van der Waals surface area contributed by atoms with Crippen LogP contribution in [-0.2, 0) is 24.6 Å². The average Bonchev–Trinajstić information content (AvgIpc) is 3.16. The molecule has 0 aromatic carbocycles. The summed E-state index contributed by atoms with van der Waals surface area (Å²) in [6, 6.07) is 0.370. The first kappa shape index (κ1) is 23.3. The van der Waals surface area contributed by atoms with Gasteiger partial charge in [0, 0.05) is 51.4 Å². The van der Waals surface area contributed by atoms with E-state index in [1.165, 1.54) is 0 Å². The fourth-order valence-corrected chi connectivity index (χ4v) is 5.25. The minimum atomic E-state index is -2.88. The molecule has 0 radical (unpaired) electrons. The Kier molecular flexibility index (Phi) is 12.8. The topological polar surface area (TPSA) is 75.0 Å². The van der Waals surface area contributed by atoms with Crippen molar-refractivity contribution in [3.63, 3.8) is 0 Å².